The first-order valence-electron chi connectivity index (χ1n) is 11.9. The van der Waals surface area contributed by atoms with E-state index in [4.69, 9.17) is 0 Å². The van der Waals surface area contributed by atoms with Crippen LogP contribution in [0.25, 0.3) is 17.3 Å². The third-order valence-corrected chi connectivity index (χ3v) is 8.04. The predicted molar refractivity (Wildman–Crippen MR) is 147 cm³/mol. The molecule has 4 aromatic rings. The molecule has 0 radical (unpaired) electrons. The number of nitro benzene ring substituents is 1. The second-order valence-corrected chi connectivity index (χ2v) is 10.5. The van der Waals surface area contributed by atoms with E-state index in [2.05, 4.69) is 9.97 Å². The first-order chi connectivity index (χ1) is 19.0. The van der Waals surface area contributed by atoms with Crippen molar-refractivity contribution in [3.63, 3.8) is 0 Å². The van der Waals surface area contributed by atoms with Crippen LogP contribution in [0.1, 0.15) is 18.4 Å². The quantitative estimate of drug-likeness (QED) is 0.201. The summed E-state index contributed by atoms with van der Waals surface area (Å²) < 4.78 is 1.81. The topological polar surface area (TPSA) is 135 Å². The number of aromatic nitrogens is 3. The molecule has 1 aliphatic rings. The van der Waals surface area contributed by atoms with Gasteiger partial charge in [0.05, 0.1) is 20.0 Å². The Morgan fingerprint density at radius 3 is 2.49 bits per heavy atom. The summed E-state index contributed by atoms with van der Waals surface area (Å²) in [5, 5.41) is 22.2. The Hall–Kier alpha value is -4.60. The van der Waals surface area contributed by atoms with Gasteiger partial charge in [-0.05, 0) is 60.5 Å². The summed E-state index contributed by atoms with van der Waals surface area (Å²) >= 11 is 2.07. The lowest BCUT2D eigenvalue weighted by molar-refractivity contribution is -0.387. The highest BCUT2D eigenvalue weighted by molar-refractivity contribution is 7.99. The minimum absolute atomic E-state index is 0.108. The third-order valence-electron chi connectivity index (χ3n) is 5.99. The van der Waals surface area contributed by atoms with Crippen LogP contribution in [0.5, 0.6) is 0 Å². The van der Waals surface area contributed by atoms with Gasteiger partial charge in [0, 0.05) is 31.5 Å². The summed E-state index contributed by atoms with van der Waals surface area (Å²) in [5.74, 6) is -0.410. The van der Waals surface area contributed by atoms with E-state index in [1.807, 2.05) is 6.07 Å². The molecule has 0 N–H and O–H groups in total. The van der Waals surface area contributed by atoms with Gasteiger partial charge in [0.25, 0.3) is 17.2 Å². The first kappa shape index (κ1) is 26.0. The van der Waals surface area contributed by atoms with Gasteiger partial charge in [-0.1, -0.05) is 24.3 Å². The molecule has 10 nitrogen and oxygen atoms in total. The van der Waals surface area contributed by atoms with Crippen molar-refractivity contribution in [2.45, 2.75) is 22.9 Å². The molecular weight excluding hydrogens is 536 g/mol. The van der Waals surface area contributed by atoms with E-state index in [1.165, 1.54) is 16.7 Å². The molecule has 39 heavy (non-hydrogen) atoms. The Labute approximate surface area is 230 Å². The summed E-state index contributed by atoms with van der Waals surface area (Å²) in [6.07, 6.45) is 6.37. The maximum Gasteiger partial charge on any atom is 0.283 e. The van der Waals surface area contributed by atoms with E-state index in [0.717, 1.165) is 35.9 Å². The molecule has 2 aromatic heterocycles. The molecule has 194 valence electrons. The van der Waals surface area contributed by atoms with Crippen LogP contribution in [0.2, 0.25) is 0 Å². The number of nitro groups is 1. The second kappa shape index (κ2) is 11.4. The number of carbonyl (C=O) groups is 1. The highest BCUT2D eigenvalue weighted by Crippen LogP contribution is 2.33. The van der Waals surface area contributed by atoms with Crippen molar-refractivity contribution in [1.82, 2.24) is 19.4 Å². The lowest BCUT2D eigenvalue weighted by atomic mass is 10.2. The number of hydrogen-bond donors (Lipinski definition) is 0. The zero-order valence-corrected chi connectivity index (χ0v) is 22.0. The van der Waals surface area contributed by atoms with Crippen molar-refractivity contribution in [1.29, 1.82) is 5.26 Å². The van der Waals surface area contributed by atoms with Crippen molar-refractivity contribution in [3.05, 3.63) is 102 Å². The number of nitrogens with zero attached hydrogens (tertiary/aromatic N) is 6. The summed E-state index contributed by atoms with van der Waals surface area (Å²) in [5.41, 5.74) is 0.241. The molecule has 2 aromatic carbocycles. The van der Waals surface area contributed by atoms with Crippen LogP contribution in [-0.4, -0.2) is 43.4 Å². The number of hydrogen-bond acceptors (Lipinski definition) is 9. The van der Waals surface area contributed by atoms with Gasteiger partial charge in [-0.15, -0.1) is 11.3 Å². The summed E-state index contributed by atoms with van der Waals surface area (Å²) in [6.45, 7) is 1.12. The molecule has 1 saturated heterocycles. The molecule has 0 bridgehead atoms. The van der Waals surface area contributed by atoms with Crippen LogP contribution in [0.3, 0.4) is 0 Å². The minimum Gasteiger partial charge on any atom is -0.338 e. The SMILES string of the molecule is N#CC(C(=O)N1CCCC1)=c1sc(=Cc2ccc(Sc3ncccn3)c([N+](=O)[O-])c2)c(=O)n1-c1ccccc1. The Kier molecular flexibility index (Phi) is 7.62. The molecular formula is C27H20N6O4S2. The number of likely N-dealkylation sites (tertiary alicyclic amines) is 1. The van der Waals surface area contributed by atoms with Crippen LogP contribution in [0.4, 0.5) is 5.69 Å². The fraction of sp³-hybridized carbons (Fsp3) is 0.148. The predicted octanol–water partition coefficient (Wildman–Crippen LogP) is 2.87. The third kappa shape index (κ3) is 5.50. The Morgan fingerprint density at radius 1 is 1.10 bits per heavy atom. The number of thiazole rings is 1. The number of benzene rings is 2. The molecule has 0 saturated carbocycles. The van der Waals surface area contributed by atoms with Crippen LogP contribution in [0, 0.1) is 21.4 Å². The number of carbonyl (C=O) groups excluding carboxylic acids is 1. The van der Waals surface area contributed by atoms with Crippen molar-refractivity contribution >= 4 is 46.3 Å². The highest BCUT2D eigenvalue weighted by atomic mass is 32.2. The molecule has 3 heterocycles. The van der Waals surface area contributed by atoms with Crippen molar-refractivity contribution in [2.24, 2.45) is 0 Å². The van der Waals surface area contributed by atoms with Crippen molar-refractivity contribution in [3.8, 4) is 11.8 Å². The maximum atomic E-state index is 13.6. The largest absolute Gasteiger partial charge is 0.338 e. The number of para-hydroxylation sites is 1. The Morgan fingerprint density at radius 2 is 1.82 bits per heavy atom. The van der Waals surface area contributed by atoms with E-state index in [1.54, 1.807) is 65.8 Å². The smallest absolute Gasteiger partial charge is 0.283 e. The van der Waals surface area contributed by atoms with Crippen LogP contribution < -0.4 is 14.8 Å². The van der Waals surface area contributed by atoms with E-state index in [9.17, 15) is 25.0 Å². The molecule has 1 amide bonds. The highest BCUT2D eigenvalue weighted by Gasteiger charge is 2.24. The van der Waals surface area contributed by atoms with Gasteiger partial charge >= 0.3 is 0 Å². The standard InChI is InChI=1S/C27H20N6O4S2/c28-17-20(24(34)31-13-4-5-14-31)26-32(19-7-2-1-3-8-19)25(35)23(38-26)16-18-9-10-22(21(15-18)33(36)37)39-27-29-11-6-12-30-27/h1-3,6-12,15-16H,4-5,13-14H2. The van der Waals surface area contributed by atoms with Crippen molar-refractivity contribution < 1.29 is 9.72 Å². The van der Waals surface area contributed by atoms with Gasteiger partial charge in [0.15, 0.2) is 10.7 Å². The Balaban J connectivity index is 1.67. The zero-order valence-electron chi connectivity index (χ0n) is 20.4. The summed E-state index contributed by atoms with van der Waals surface area (Å²) in [7, 11) is 0. The molecule has 12 heteroatoms. The molecule has 0 aliphatic carbocycles. The van der Waals surface area contributed by atoms with Crippen LogP contribution in [0.15, 0.2) is 81.8 Å². The van der Waals surface area contributed by atoms with Gasteiger partial charge in [-0.2, -0.15) is 5.26 Å². The van der Waals surface area contributed by atoms with E-state index >= 15 is 0 Å². The zero-order chi connectivity index (χ0) is 27.4. The van der Waals surface area contributed by atoms with Crippen LogP contribution in [-0.2, 0) is 4.79 Å². The molecule has 0 unspecified atom stereocenters. The molecule has 1 aliphatic heterocycles. The van der Waals surface area contributed by atoms with E-state index in [-0.39, 0.29) is 20.5 Å². The lowest BCUT2D eigenvalue weighted by Crippen LogP contribution is -2.35. The number of nitriles is 1. The molecule has 0 atom stereocenters. The lowest BCUT2D eigenvalue weighted by Gasteiger charge is -2.14. The number of amides is 1. The van der Waals surface area contributed by atoms with Crippen LogP contribution >= 0.6 is 23.1 Å². The minimum atomic E-state index is -0.499. The molecule has 5 rings (SSSR count). The Bertz CT molecular complexity index is 1770. The average Bonchev–Trinajstić information content (AvgIpc) is 3.60. The van der Waals surface area contributed by atoms with Crippen molar-refractivity contribution in [2.75, 3.05) is 13.1 Å². The second-order valence-electron chi connectivity index (χ2n) is 8.50. The fourth-order valence-corrected chi connectivity index (χ4v) is 6.06. The maximum absolute atomic E-state index is 13.6. The normalized spacial score (nSPS) is 14.2. The summed E-state index contributed by atoms with van der Waals surface area (Å²) in [6, 6.07) is 17.1. The number of rotatable bonds is 6. The van der Waals surface area contributed by atoms with Gasteiger partial charge in [0.1, 0.15) is 10.7 Å². The van der Waals surface area contributed by atoms with E-state index < -0.39 is 16.4 Å². The van der Waals surface area contributed by atoms with Gasteiger partial charge in [0.2, 0.25) is 0 Å². The molecule has 0 spiro atoms. The van der Waals surface area contributed by atoms with Gasteiger partial charge in [-0.3, -0.25) is 24.3 Å². The van der Waals surface area contributed by atoms with Gasteiger partial charge < -0.3 is 4.90 Å². The summed E-state index contributed by atoms with van der Waals surface area (Å²) in [4.78, 5) is 48.4. The average molecular weight is 557 g/mol. The first-order valence-corrected chi connectivity index (χ1v) is 13.6. The molecule has 1 fully saturated rings. The van der Waals surface area contributed by atoms with Gasteiger partial charge in [-0.25, -0.2) is 9.97 Å². The van der Waals surface area contributed by atoms with E-state index in [0.29, 0.717) is 34.4 Å². The monoisotopic (exact) mass is 556 g/mol. The fourth-order valence-electron chi connectivity index (χ4n) is 4.17.